The summed E-state index contributed by atoms with van der Waals surface area (Å²) in [5, 5.41) is 33.0. The van der Waals surface area contributed by atoms with E-state index >= 15 is 0 Å². The third-order valence-electron chi connectivity index (χ3n) is 6.44. The van der Waals surface area contributed by atoms with Crippen molar-refractivity contribution in [3.63, 3.8) is 0 Å². The molecule has 0 fully saturated rings. The molecule has 0 saturated heterocycles. The maximum absolute atomic E-state index is 12.2. The van der Waals surface area contributed by atoms with Crippen molar-refractivity contribution >= 4 is 5.91 Å². The maximum Gasteiger partial charge on any atom is 0.220 e. The molecule has 0 saturated carbocycles. The van der Waals surface area contributed by atoms with E-state index in [0.29, 0.717) is 12.8 Å². The number of carbonyl (C=O) groups excluding carboxylic acids is 1. The molecule has 3 unspecified atom stereocenters. The van der Waals surface area contributed by atoms with Gasteiger partial charge in [-0.15, -0.1) is 0 Å². The Morgan fingerprint density at radius 1 is 0.667 bits per heavy atom. The molecule has 0 bridgehead atoms. The molecule has 0 aromatic rings. The van der Waals surface area contributed by atoms with Crippen LogP contribution in [0.1, 0.15) is 129 Å². The van der Waals surface area contributed by atoms with Crippen LogP contribution in [0, 0.1) is 0 Å². The van der Waals surface area contributed by atoms with E-state index in [1.54, 1.807) is 0 Å². The van der Waals surface area contributed by atoms with Gasteiger partial charge < -0.3 is 20.6 Å². The van der Waals surface area contributed by atoms with Crippen LogP contribution < -0.4 is 5.32 Å². The highest BCUT2D eigenvalue weighted by Gasteiger charge is 2.26. The molecule has 36 heavy (non-hydrogen) atoms. The summed E-state index contributed by atoms with van der Waals surface area (Å²) >= 11 is 0. The molecule has 0 aromatic heterocycles. The fraction of sp³-hybridized carbons (Fsp3) is 0.774. The van der Waals surface area contributed by atoms with Gasteiger partial charge in [-0.1, -0.05) is 88.8 Å². The van der Waals surface area contributed by atoms with E-state index in [2.05, 4.69) is 55.6 Å². The van der Waals surface area contributed by atoms with Crippen LogP contribution in [0.15, 0.2) is 36.5 Å². The smallest absolute Gasteiger partial charge is 0.220 e. The molecule has 0 aromatic carbocycles. The summed E-state index contributed by atoms with van der Waals surface area (Å²) in [5.41, 5.74) is 0. The van der Waals surface area contributed by atoms with Crippen LogP contribution in [0.5, 0.6) is 0 Å². The molecule has 0 radical (unpaired) electrons. The van der Waals surface area contributed by atoms with Crippen molar-refractivity contribution in [3.05, 3.63) is 36.5 Å². The largest absolute Gasteiger partial charge is 0.394 e. The molecular weight excluding hydrogens is 450 g/mol. The molecule has 4 N–H and O–H groups in total. The lowest BCUT2D eigenvalue weighted by molar-refractivity contribution is -0.124. The Morgan fingerprint density at radius 3 is 1.64 bits per heavy atom. The zero-order valence-electron chi connectivity index (χ0n) is 23.4. The Balaban J connectivity index is 3.93. The highest BCUT2D eigenvalue weighted by molar-refractivity contribution is 5.76. The molecule has 5 heteroatoms. The van der Waals surface area contributed by atoms with Crippen molar-refractivity contribution in [2.24, 2.45) is 0 Å². The number of rotatable bonds is 25. The van der Waals surface area contributed by atoms with Gasteiger partial charge in [-0.05, 0) is 70.6 Å². The van der Waals surface area contributed by atoms with Crippen LogP contribution in [0.2, 0.25) is 0 Å². The minimum absolute atomic E-state index is 0.199. The van der Waals surface area contributed by atoms with Crippen LogP contribution in [-0.4, -0.2) is 46.1 Å². The average molecular weight is 508 g/mol. The summed E-state index contributed by atoms with van der Waals surface area (Å²) in [6, 6.07) is -0.842. The minimum atomic E-state index is -1.17. The first-order valence-electron chi connectivity index (χ1n) is 14.8. The van der Waals surface area contributed by atoms with Crippen LogP contribution in [0.25, 0.3) is 0 Å². The quantitative estimate of drug-likeness (QED) is 0.0798. The fourth-order valence-electron chi connectivity index (χ4n) is 4.06. The molecule has 0 spiro atoms. The predicted octanol–water partition coefficient (Wildman–Crippen LogP) is 6.92. The van der Waals surface area contributed by atoms with Crippen molar-refractivity contribution in [1.29, 1.82) is 0 Å². The second-order valence-electron chi connectivity index (χ2n) is 9.93. The number of carbonyl (C=O) groups is 1. The van der Waals surface area contributed by atoms with Crippen LogP contribution in [0.3, 0.4) is 0 Å². The molecular formula is C31H57NO4. The van der Waals surface area contributed by atoms with Gasteiger partial charge >= 0.3 is 0 Å². The third-order valence-corrected chi connectivity index (χ3v) is 6.44. The van der Waals surface area contributed by atoms with E-state index in [4.69, 9.17) is 0 Å². The van der Waals surface area contributed by atoms with Gasteiger partial charge in [-0.2, -0.15) is 0 Å². The minimum Gasteiger partial charge on any atom is -0.394 e. The van der Waals surface area contributed by atoms with Gasteiger partial charge in [-0.25, -0.2) is 0 Å². The normalized spacial score (nSPS) is 14.7. The lowest BCUT2D eigenvalue weighted by atomic mass is 10.0. The number of allylic oxidation sites excluding steroid dienone is 6. The SMILES string of the molecule is CCCCCC/C=C\CCCC(=O)NC(CO)C(O)C(O)CCC/C=C/CC/C=C/CCCCCC. The van der Waals surface area contributed by atoms with E-state index < -0.39 is 24.9 Å². The van der Waals surface area contributed by atoms with E-state index in [0.717, 1.165) is 44.9 Å². The van der Waals surface area contributed by atoms with E-state index in [1.165, 1.54) is 57.8 Å². The molecule has 0 aliphatic heterocycles. The number of amides is 1. The number of aliphatic hydroxyl groups is 3. The molecule has 0 rings (SSSR count). The summed E-state index contributed by atoms with van der Waals surface area (Å²) in [5.74, 6) is -0.199. The first kappa shape index (κ1) is 34.6. The number of hydrogen-bond acceptors (Lipinski definition) is 4. The van der Waals surface area contributed by atoms with Crippen molar-refractivity contribution in [3.8, 4) is 0 Å². The van der Waals surface area contributed by atoms with Crippen molar-refractivity contribution in [1.82, 2.24) is 5.32 Å². The van der Waals surface area contributed by atoms with E-state index in [1.807, 2.05) is 0 Å². The third kappa shape index (κ3) is 21.8. The van der Waals surface area contributed by atoms with E-state index in [-0.39, 0.29) is 5.91 Å². The lowest BCUT2D eigenvalue weighted by Gasteiger charge is -2.26. The van der Waals surface area contributed by atoms with Gasteiger partial charge in [0.05, 0.1) is 18.8 Å². The van der Waals surface area contributed by atoms with Gasteiger partial charge in [0.2, 0.25) is 5.91 Å². The first-order chi connectivity index (χ1) is 17.6. The van der Waals surface area contributed by atoms with Gasteiger partial charge in [0.15, 0.2) is 0 Å². The maximum atomic E-state index is 12.2. The molecule has 210 valence electrons. The topological polar surface area (TPSA) is 89.8 Å². The molecule has 3 atom stereocenters. The molecule has 0 heterocycles. The summed E-state index contributed by atoms with van der Waals surface area (Å²) in [6.45, 7) is 4.04. The highest BCUT2D eigenvalue weighted by atomic mass is 16.3. The number of aliphatic hydroxyl groups excluding tert-OH is 3. The zero-order chi connectivity index (χ0) is 26.7. The summed E-state index contributed by atoms with van der Waals surface area (Å²) in [7, 11) is 0. The second-order valence-corrected chi connectivity index (χ2v) is 9.93. The average Bonchev–Trinajstić information content (AvgIpc) is 2.88. The highest BCUT2D eigenvalue weighted by Crippen LogP contribution is 2.11. The Kier molecular flexibility index (Phi) is 25.6. The summed E-state index contributed by atoms with van der Waals surface area (Å²) < 4.78 is 0. The summed E-state index contributed by atoms with van der Waals surface area (Å²) in [4.78, 5) is 12.2. The van der Waals surface area contributed by atoms with Crippen LogP contribution >= 0.6 is 0 Å². The van der Waals surface area contributed by atoms with Crippen LogP contribution in [0.4, 0.5) is 0 Å². The van der Waals surface area contributed by atoms with Crippen molar-refractivity contribution in [2.75, 3.05) is 6.61 Å². The number of hydrogen-bond donors (Lipinski definition) is 4. The Labute approximate surface area is 222 Å². The van der Waals surface area contributed by atoms with Gasteiger partial charge in [-0.3, -0.25) is 4.79 Å². The monoisotopic (exact) mass is 507 g/mol. The zero-order valence-corrected chi connectivity index (χ0v) is 23.4. The van der Waals surface area contributed by atoms with Crippen LogP contribution in [-0.2, 0) is 4.79 Å². The predicted molar refractivity (Wildman–Crippen MR) is 153 cm³/mol. The number of unbranched alkanes of at least 4 members (excludes halogenated alkanes) is 11. The van der Waals surface area contributed by atoms with Gasteiger partial charge in [0.1, 0.15) is 6.10 Å². The number of nitrogens with one attached hydrogen (secondary N) is 1. The molecule has 0 aliphatic carbocycles. The van der Waals surface area contributed by atoms with E-state index in [9.17, 15) is 20.1 Å². The Hall–Kier alpha value is -1.43. The molecule has 1 amide bonds. The second kappa shape index (κ2) is 26.6. The van der Waals surface area contributed by atoms with Crippen molar-refractivity contribution < 1.29 is 20.1 Å². The Morgan fingerprint density at radius 2 is 1.14 bits per heavy atom. The standard InChI is InChI=1S/C31H57NO4/c1-3-5-7-9-11-13-14-15-16-18-19-21-23-25-29(34)31(36)28(27-33)32-30(35)26-24-22-20-17-12-10-8-6-4-2/h13-14,17-20,28-29,31,33-34,36H,3-12,15-16,21-27H2,1-2H3,(H,32,35)/b14-13+,19-18+,20-17-. The van der Waals surface area contributed by atoms with Gasteiger partial charge in [0, 0.05) is 6.42 Å². The Bertz CT molecular complexity index is 573. The molecule has 0 aliphatic rings. The van der Waals surface area contributed by atoms with Crippen molar-refractivity contribution in [2.45, 2.75) is 148 Å². The lowest BCUT2D eigenvalue weighted by Crippen LogP contribution is -2.50. The summed E-state index contributed by atoms with van der Waals surface area (Å²) in [6.07, 6.45) is 29.5. The first-order valence-corrected chi connectivity index (χ1v) is 14.8. The van der Waals surface area contributed by atoms with Gasteiger partial charge in [0.25, 0.3) is 0 Å². The fourth-order valence-corrected chi connectivity index (χ4v) is 4.06. The molecule has 5 nitrogen and oxygen atoms in total.